The Kier molecular flexibility index (Phi) is 5.26. The molecule has 0 spiro atoms. The van der Waals surface area contributed by atoms with E-state index in [1.165, 1.54) is 36.9 Å². The monoisotopic (exact) mass is 261 g/mol. The summed E-state index contributed by atoms with van der Waals surface area (Å²) in [6.45, 7) is 8.56. The Bertz CT molecular complexity index is 394. The topological polar surface area (TPSA) is 21.3 Å². The number of nitrogens with one attached hydrogen (secondary N) is 1. The quantitative estimate of drug-likeness (QED) is 0.864. The smallest absolute Gasteiger partial charge is 0.122 e. The maximum atomic E-state index is 5.99. The molecular formula is C17H27NO. The van der Waals surface area contributed by atoms with Crippen molar-refractivity contribution in [3.05, 3.63) is 29.3 Å². The van der Waals surface area contributed by atoms with Crippen molar-refractivity contribution >= 4 is 0 Å². The number of hydrogen-bond acceptors (Lipinski definition) is 2. The molecule has 19 heavy (non-hydrogen) atoms. The van der Waals surface area contributed by atoms with Gasteiger partial charge in [0, 0.05) is 6.04 Å². The highest BCUT2D eigenvalue weighted by Gasteiger charge is 2.12. The zero-order valence-electron chi connectivity index (χ0n) is 12.5. The molecule has 1 aromatic carbocycles. The molecule has 0 radical (unpaired) electrons. The molecule has 1 saturated heterocycles. The predicted molar refractivity (Wildman–Crippen MR) is 81.0 cm³/mol. The van der Waals surface area contributed by atoms with Crippen molar-refractivity contribution in [2.75, 3.05) is 13.2 Å². The molecule has 2 nitrogen and oxygen atoms in total. The van der Waals surface area contributed by atoms with Gasteiger partial charge >= 0.3 is 0 Å². The maximum absolute atomic E-state index is 5.99. The van der Waals surface area contributed by atoms with E-state index in [1.54, 1.807) is 0 Å². The van der Waals surface area contributed by atoms with Gasteiger partial charge < -0.3 is 10.1 Å². The first-order valence-corrected chi connectivity index (χ1v) is 7.63. The maximum Gasteiger partial charge on any atom is 0.122 e. The van der Waals surface area contributed by atoms with Crippen LogP contribution in [0.15, 0.2) is 18.2 Å². The summed E-state index contributed by atoms with van der Waals surface area (Å²) in [6.07, 6.45) is 5.10. The molecule has 1 heterocycles. The molecule has 1 aromatic rings. The summed E-state index contributed by atoms with van der Waals surface area (Å²) in [5.74, 6) is 1.62. The van der Waals surface area contributed by atoms with E-state index in [0.717, 1.165) is 18.8 Å². The summed E-state index contributed by atoms with van der Waals surface area (Å²) in [6, 6.07) is 7.23. The Morgan fingerprint density at radius 1 is 1.32 bits per heavy atom. The predicted octanol–water partition coefficient (Wildman–Crippen LogP) is 4.03. The first kappa shape index (κ1) is 14.4. The highest BCUT2D eigenvalue weighted by Crippen LogP contribution is 2.24. The van der Waals surface area contributed by atoms with Crippen molar-refractivity contribution in [3.8, 4) is 5.75 Å². The van der Waals surface area contributed by atoms with Gasteiger partial charge in [-0.05, 0) is 55.8 Å². The van der Waals surface area contributed by atoms with E-state index in [-0.39, 0.29) is 0 Å². The van der Waals surface area contributed by atoms with Crippen molar-refractivity contribution in [1.82, 2.24) is 5.32 Å². The van der Waals surface area contributed by atoms with Crippen LogP contribution in [0.5, 0.6) is 5.75 Å². The van der Waals surface area contributed by atoms with Gasteiger partial charge in [0.25, 0.3) is 0 Å². The van der Waals surface area contributed by atoms with E-state index >= 15 is 0 Å². The molecule has 1 aliphatic rings. The van der Waals surface area contributed by atoms with Gasteiger partial charge in [-0.2, -0.15) is 0 Å². The molecule has 0 aliphatic carbocycles. The molecule has 0 amide bonds. The van der Waals surface area contributed by atoms with Crippen LogP contribution in [0.1, 0.15) is 56.6 Å². The molecule has 0 saturated carbocycles. The van der Waals surface area contributed by atoms with Crippen molar-refractivity contribution in [2.45, 2.75) is 58.4 Å². The normalized spacial score (nSPS) is 19.7. The number of benzene rings is 1. The largest absolute Gasteiger partial charge is 0.493 e. The minimum absolute atomic E-state index is 0.558. The Morgan fingerprint density at radius 2 is 2.16 bits per heavy atom. The van der Waals surface area contributed by atoms with Gasteiger partial charge in [0.2, 0.25) is 0 Å². The van der Waals surface area contributed by atoms with E-state index < -0.39 is 0 Å². The Morgan fingerprint density at radius 3 is 2.84 bits per heavy atom. The van der Waals surface area contributed by atoms with Crippen molar-refractivity contribution in [2.24, 2.45) is 0 Å². The highest BCUT2D eigenvalue weighted by molar-refractivity contribution is 5.37. The van der Waals surface area contributed by atoms with Crippen molar-refractivity contribution in [1.29, 1.82) is 0 Å². The lowest BCUT2D eigenvalue weighted by Gasteiger charge is -2.23. The van der Waals surface area contributed by atoms with Crippen LogP contribution in [0.4, 0.5) is 0 Å². The van der Waals surface area contributed by atoms with Crippen LogP contribution in [-0.2, 0) is 0 Å². The second-order valence-corrected chi connectivity index (χ2v) is 5.96. The fraction of sp³-hybridized carbons (Fsp3) is 0.647. The Labute approximate surface area is 117 Å². The van der Waals surface area contributed by atoms with Crippen molar-refractivity contribution < 1.29 is 4.74 Å². The first-order chi connectivity index (χ1) is 9.16. The lowest BCUT2D eigenvalue weighted by Crippen LogP contribution is -2.35. The van der Waals surface area contributed by atoms with Crippen LogP contribution in [0.2, 0.25) is 0 Å². The molecule has 2 rings (SSSR count). The number of rotatable bonds is 5. The van der Waals surface area contributed by atoms with Gasteiger partial charge in [-0.25, -0.2) is 0 Å². The summed E-state index contributed by atoms with van der Waals surface area (Å²) in [7, 11) is 0. The second kappa shape index (κ2) is 6.95. The molecule has 0 aromatic heterocycles. The van der Waals surface area contributed by atoms with Gasteiger partial charge in [0.1, 0.15) is 5.75 Å². The van der Waals surface area contributed by atoms with Crippen LogP contribution >= 0.6 is 0 Å². The summed E-state index contributed by atoms with van der Waals surface area (Å²) >= 11 is 0. The van der Waals surface area contributed by atoms with E-state index in [0.29, 0.717) is 12.0 Å². The van der Waals surface area contributed by atoms with Gasteiger partial charge in [-0.15, -0.1) is 0 Å². The molecule has 1 unspecified atom stereocenters. The first-order valence-electron chi connectivity index (χ1n) is 7.63. The third-order valence-electron chi connectivity index (χ3n) is 4.02. The standard InChI is InChI=1S/C17H27NO/c1-13(2)15-8-7-14(3)17(12-15)19-11-9-16-6-4-5-10-18-16/h7-8,12-13,16,18H,4-6,9-11H2,1-3H3. The summed E-state index contributed by atoms with van der Waals surface area (Å²) in [5.41, 5.74) is 2.59. The van der Waals surface area contributed by atoms with Crippen molar-refractivity contribution in [3.63, 3.8) is 0 Å². The third-order valence-corrected chi connectivity index (χ3v) is 4.02. The van der Waals surface area contributed by atoms with Crippen LogP contribution in [0, 0.1) is 6.92 Å². The van der Waals surface area contributed by atoms with Crippen LogP contribution < -0.4 is 10.1 Å². The minimum Gasteiger partial charge on any atom is -0.493 e. The molecule has 2 heteroatoms. The highest BCUT2D eigenvalue weighted by atomic mass is 16.5. The summed E-state index contributed by atoms with van der Waals surface area (Å²) in [4.78, 5) is 0. The summed E-state index contributed by atoms with van der Waals surface area (Å²) < 4.78 is 5.99. The fourth-order valence-electron chi connectivity index (χ4n) is 2.61. The van der Waals surface area contributed by atoms with Crippen LogP contribution in [0.3, 0.4) is 0 Å². The number of ether oxygens (including phenoxy) is 1. The summed E-state index contributed by atoms with van der Waals surface area (Å²) in [5, 5.41) is 3.57. The lowest BCUT2D eigenvalue weighted by molar-refractivity contribution is 0.266. The van der Waals surface area contributed by atoms with Gasteiger partial charge in [-0.1, -0.05) is 32.4 Å². The second-order valence-electron chi connectivity index (χ2n) is 5.96. The zero-order valence-corrected chi connectivity index (χ0v) is 12.5. The van der Waals surface area contributed by atoms with Gasteiger partial charge in [-0.3, -0.25) is 0 Å². The SMILES string of the molecule is Cc1ccc(C(C)C)cc1OCCC1CCCCN1. The Hall–Kier alpha value is -1.02. The molecule has 1 fully saturated rings. The third kappa shape index (κ3) is 4.24. The van der Waals surface area contributed by atoms with E-state index in [2.05, 4.69) is 44.3 Å². The van der Waals surface area contributed by atoms with Gasteiger partial charge in [0.05, 0.1) is 6.61 Å². The molecule has 106 valence electrons. The molecule has 1 N–H and O–H groups in total. The average molecular weight is 261 g/mol. The lowest BCUT2D eigenvalue weighted by atomic mass is 10.0. The van der Waals surface area contributed by atoms with Crippen LogP contribution in [0.25, 0.3) is 0 Å². The molecule has 1 aliphatic heterocycles. The van der Waals surface area contributed by atoms with Gasteiger partial charge in [0.15, 0.2) is 0 Å². The Balaban J connectivity index is 1.86. The number of aryl methyl sites for hydroxylation is 1. The zero-order chi connectivity index (χ0) is 13.7. The number of piperidine rings is 1. The van der Waals surface area contributed by atoms with E-state index in [1.807, 2.05) is 0 Å². The van der Waals surface area contributed by atoms with E-state index in [4.69, 9.17) is 4.74 Å². The molecule has 0 bridgehead atoms. The fourth-order valence-corrected chi connectivity index (χ4v) is 2.61. The van der Waals surface area contributed by atoms with E-state index in [9.17, 15) is 0 Å². The molecular weight excluding hydrogens is 234 g/mol. The minimum atomic E-state index is 0.558. The van der Waals surface area contributed by atoms with Crippen LogP contribution in [-0.4, -0.2) is 19.2 Å². The average Bonchev–Trinajstić information content (AvgIpc) is 2.42. The molecule has 1 atom stereocenters. The number of hydrogen-bond donors (Lipinski definition) is 1.